The van der Waals surface area contributed by atoms with E-state index in [1.165, 1.54) is 11.1 Å². The smallest absolute Gasteiger partial charge is 0.282 e. The molecule has 10 heteroatoms. The van der Waals surface area contributed by atoms with Gasteiger partial charge in [-0.05, 0) is 73.9 Å². The highest BCUT2D eigenvalue weighted by molar-refractivity contribution is 6.32. The second-order valence-corrected chi connectivity index (χ2v) is 10.6. The average molecular weight is 594 g/mol. The van der Waals surface area contributed by atoms with Crippen LogP contribution in [0.1, 0.15) is 56.3 Å². The van der Waals surface area contributed by atoms with Gasteiger partial charge in [-0.15, -0.1) is 0 Å². The number of nitrogens with one attached hydrogen (secondary N) is 1. The Morgan fingerprint density at radius 1 is 1.07 bits per heavy atom. The van der Waals surface area contributed by atoms with Crippen molar-refractivity contribution in [2.45, 2.75) is 44.9 Å². The van der Waals surface area contributed by atoms with Crippen molar-refractivity contribution in [3.05, 3.63) is 92.5 Å². The second kappa shape index (κ2) is 13.2. The van der Waals surface area contributed by atoms with Crippen LogP contribution in [-0.2, 0) is 4.79 Å². The third kappa shape index (κ3) is 6.89. The molecule has 1 fully saturated rings. The molecule has 1 amide bonds. The van der Waals surface area contributed by atoms with E-state index < -0.39 is 0 Å². The molecule has 0 saturated heterocycles. The first-order valence-corrected chi connectivity index (χ1v) is 14.4. The lowest BCUT2D eigenvalue weighted by atomic mass is 9.88. The van der Waals surface area contributed by atoms with Crippen LogP contribution in [0.5, 0.6) is 11.5 Å². The predicted octanol–water partition coefficient (Wildman–Crippen LogP) is 7.05. The van der Waals surface area contributed by atoms with E-state index in [-0.39, 0.29) is 34.8 Å². The van der Waals surface area contributed by atoms with Gasteiger partial charge in [0.15, 0.2) is 18.1 Å². The molecule has 5 rings (SSSR count). The Balaban J connectivity index is 1.41. The maximum Gasteiger partial charge on any atom is 0.282 e. The molecule has 41 heavy (non-hydrogen) atoms. The van der Waals surface area contributed by atoms with E-state index in [4.69, 9.17) is 37.7 Å². The van der Waals surface area contributed by atoms with E-state index in [1.54, 1.807) is 48.7 Å². The molecule has 1 N–H and O–H groups in total. The summed E-state index contributed by atoms with van der Waals surface area (Å²) < 4.78 is 12.9. The number of amides is 1. The SMILES string of the molecule is CCOc1cc(C=Nn2c(C3CCCCC3)nc3ccccc3c2=O)cc(Cl)c1OCC(=O)Nc1ccc(Cl)cc1. The largest absolute Gasteiger partial charge is 0.490 e. The molecule has 3 aromatic carbocycles. The molecule has 1 saturated carbocycles. The van der Waals surface area contributed by atoms with Crippen LogP contribution < -0.4 is 20.3 Å². The van der Waals surface area contributed by atoms with Gasteiger partial charge < -0.3 is 14.8 Å². The highest BCUT2D eigenvalue weighted by atomic mass is 35.5. The van der Waals surface area contributed by atoms with Gasteiger partial charge in [0, 0.05) is 16.6 Å². The summed E-state index contributed by atoms with van der Waals surface area (Å²) >= 11 is 12.5. The number of carbonyl (C=O) groups excluding carboxylic acids is 1. The van der Waals surface area contributed by atoms with Gasteiger partial charge >= 0.3 is 0 Å². The lowest BCUT2D eigenvalue weighted by Gasteiger charge is -2.22. The molecule has 0 bridgehead atoms. The van der Waals surface area contributed by atoms with Crippen LogP contribution in [0.25, 0.3) is 10.9 Å². The zero-order valence-electron chi connectivity index (χ0n) is 22.6. The van der Waals surface area contributed by atoms with Crippen molar-refractivity contribution in [3.8, 4) is 11.5 Å². The molecule has 1 aromatic heterocycles. The summed E-state index contributed by atoms with van der Waals surface area (Å²) in [6.07, 6.45) is 6.90. The number of halogens is 2. The number of carbonyl (C=O) groups is 1. The number of fused-ring (bicyclic) bond motifs is 1. The summed E-state index contributed by atoms with van der Waals surface area (Å²) in [4.78, 5) is 30.8. The minimum Gasteiger partial charge on any atom is -0.490 e. The highest BCUT2D eigenvalue weighted by Gasteiger charge is 2.22. The lowest BCUT2D eigenvalue weighted by Crippen LogP contribution is -2.25. The first kappa shape index (κ1) is 28.6. The van der Waals surface area contributed by atoms with Gasteiger partial charge in [-0.3, -0.25) is 9.59 Å². The molecule has 1 aliphatic rings. The van der Waals surface area contributed by atoms with Crippen molar-refractivity contribution in [2.75, 3.05) is 18.5 Å². The Kier molecular flexibility index (Phi) is 9.21. The van der Waals surface area contributed by atoms with Crippen LogP contribution in [0.3, 0.4) is 0 Å². The van der Waals surface area contributed by atoms with Crippen LogP contribution >= 0.6 is 23.2 Å². The maximum atomic E-state index is 13.5. The Hall–Kier alpha value is -3.88. The molecular weight excluding hydrogens is 563 g/mol. The lowest BCUT2D eigenvalue weighted by molar-refractivity contribution is -0.118. The minimum atomic E-state index is -0.366. The third-order valence-corrected chi connectivity index (χ3v) is 7.41. The van der Waals surface area contributed by atoms with E-state index in [2.05, 4.69) is 10.4 Å². The predicted molar refractivity (Wildman–Crippen MR) is 163 cm³/mol. The van der Waals surface area contributed by atoms with Crippen LogP contribution in [0.15, 0.2) is 70.6 Å². The van der Waals surface area contributed by atoms with E-state index >= 15 is 0 Å². The van der Waals surface area contributed by atoms with E-state index in [1.807, 2.05) is 25.1 Å². The summed E-state index contributed by atoms with van der Waals surface area (Å²) in [6.45, 7) is 1.91. The number of hydrogen-bond donors (Lipinski definition) is 1. The van der Waals surface area contributed by atoms with Crippen molar-refractivity contribution >= 4 is 51.9 Å². The van der Waals surface area contributed by atoms with Crippen LogP contribution in [-0.4, -0.2) is 35.0 Å². The molecule has 0 radical (unpaired) electrons. The van der Waals surface area contributed by atoms with Gasteiger partial charge in [0.05, 0.1) is 28.7 Å². The standard InChI is InChI=1S/C31H30Cl2N4O4/c1-2-40-27-17-20(16-25(33)29(27)41-19-28(38)35-23-14-12-22(32)13-15-23)18-34-37-30(21-8-4-3-5-9-21)36-26-11-7-6-10-24(26)31(37)39/h6-7,10-18,21H,2-5,8-9,19H2,1H3,(H,35,38). The first-order chi connectivity index (χ1) is 19.9. The number of nitrogens with zero attached hydrogens (tertiary/aromatic N) is 3. The molecule has 0 spiro atoms. The van der Waals surface area contributed by atoms with Crippen LogP contribution in [0, 0.1) is 0 Å². The summed E-state index contributed by atoms with van der Waals surface area (Å²) in [6, 6.07) is 17.5. The Bertz CT molecular complexity index is 1630. The second-order valence-electron chi connectivity index (χ2n) is 9.79. The number of anilines is 1. The molecule has 0 atom stereocenters. The number of aromatic nitrogens is 2. The molecule has 1 aliphatic carbocycles. The zero-order valence-corrected chi connectivity index (χ0v) is 24.1. The summed E-state index contributed by atoms with van der Waals surface area (Å²) in [5, 5.41) is 8.66. The summed E-state index contributed by atoms with van der Waals surface area (Å²) in [7, 11) is 0. The average Bonchev–Trinajstić information content (AvgIpc) is 2.98. The number of rotatable bonds is 9. The third-order valence-electron chi connectivity index (χ3n) is 6.88. The van der Waals surface area contributed by atoms with Gasteiger partial charge in [0.1, 0.15) is 5.82 Å². The Labute approximate surface area is 247 Å². The van der Waals surface area contributed by atoms with Crippen molar-refractivity contribution in [1.82, 2.24) is 9.66 Å². The quantitative estimate of drug-likeness (QED) is 0.210. The number of hydrogen-bond acceptors (Lipinski definition) is 6. The summed E-state index contributed by atoms with van der Waals surface area (Å²) in [5.41, 5.74) is 1.66. The van der Waals surface area contributed by atoms with Gasteiger partial charge in [-0.1, -0.05) is 54.6 Å². The van der Waals surface area contributed by atoms with Gasteiger partial charge in [-0.25, -0.2) is 4.98 Å². The highest BCUT2D eigenvalue weighted by Crippen LogP contribution is 2.37. The van der Waals surface area contributed by atoms with E-state index in [9.17, 15) is 9.59 Å². The Morgan fingerprint density at radius 3 is 2.59 bits per heavy atom. The number of ether oxygens (including phenoxy) is 2. The fraction of sp³-hybridized carbons (Fsp3) is 0.290. The summed E-state index contributed by atoms with van der Waals surface area (Å²) in [5.74, 6) is 1.07. The number of para-hydroxylation sites is 1. The monoisotopic (exact) mass is 592 g/mol. The minimum absolute atomic E-state index is 0.163. The molecule has 0 unspecified atom stereocenters. The molecule has 212 valence electrons. The molecule has 1 heterocycles. The van der Waals surface area contributed by atoms with Crippen molar-refractivity contribution in [1.29, 1.82) is 0 Å². The fourth-order valence-electron chi connectivity index (χ4n) is 4.94. The topological polar surface area (TPSA) is 94.8 Å². The molecule has 0 aliphatic heterocycles. The van der Waals surface area contributed by atoms with E-state index in [0.29, 0.717) is 45.4 Å². The normalized spacial score (nSPS) is 13.9. The molecular formula is C31H30Cl2N4O4. The first-order valence-electron chi connectivity index (χ1n) is 13.6. The van der Waals surface area contributed by atoms with Crippen molar-refractivity contribution in [3.63, 3.8) is 0 Å². The van der Waals surface area contributed by atoms with E-state index in [0.717, 1.165) is 25.7 Å². The van der Waals surface area contributed by atoms with Crippen molar-refractivity contribution < 1.29 is 14.3 Å². The molecule has 4 aromatic rings. The van der Waals surface area contributed by atoms with Crippen LogP contribution in [0.2, 0.25) is 10.0 Å². The zero-order chi connectivity index (χ0) is 28.8. The molecule has 8 nitrogen and oxygen atoms in total. The van der Waals surface area contributed by atoms with Crippen LogP contribution in [0.4, 0.5) is 5.69 Å². The Morgan fingerprint density at radius 2 is 1.83 bits per heavy atom. The van der Waals surface area contributed by atoms with Gasteiger partial charge in [-0.2, -0.15) is 9.78 Å². The maximum absolute atomic E-state index is 13.5. The van der Waals surface area contributed by atoms with Gasteiger partial charge in [0.25, 0.3) is 11.5 Å². The van der Waals surface area contributed by atoms with Gasteiger partial charge in [0.2, 0.25) is 0 Å². The van der Waals surface area contributed by atoms with Crippen molar-refractivity contribution in [2.24, 2.45) is 5.10 Å². The fourth-order valence-corrected chi connectivity index (χ4v) is 5.34. The number of benzene rings is 3.